The Morgan fingerprint density at radius 1 is 0.750 bits per heavy atom. The fourth-order valence-corrected chi connectivity index (χ4v) is 4.91. The van der Waals surface area contributed by atoms with Gasteiger partial charge in [0.05, 0.1) is 22.3 Å². The highest BCUT2D eigenvalue weighted by molar-refractivity contribution is 7.85. The Kier molecular flexibility index (Phi) is 4.83. The molecule has 0 aliphatic rings. The van der Waals surface area contributed by atoms with Gasteiger partial charge in [0.15, 0.2) is 10.9 Å². The lowest BCUT2D eigenvalue weighted by atomic mass is 10.0. The molecule has 0 spiro atoms. The number of aryl methyl sites for hydroxylation is 1. The first-order chi connectivity index (χ1) is 15.3. The summed E-state index contributed by atoms with van der Waals surface area (Å²) in [5.41, 5.74) is 2.39. The number of pyridine rings is 2. The zero-order valence-corrected chi connectivity index (χ0v) is 17.9. The molecule has 5 aromatic rings. The van der Waals surface area contributed by atoms with Crippen LogP contribution >= 0.6 is 0 Å². The largest absolute Gasteiger partial charge is 0.354 e. The van der Waals surface area contributed by atoms with Gasteiger partial charge in [-0.05, 0) is 49.2 Å². The van der Waals surface area contributed by atoms with Crippen LogP contribution in [0.15, 0.2) is 70.3 Å². The third kappa shape index (κ3) is 3.47. The molecular weight excluding hydrogens is 428 g/mol. The lowest BCUT2D eigenvalue weighted by Crippen LogP contribution is -2.14. The number of para-hydroxylation sites is 2. The maximum Gasteiger partial charge on any atom is 0.264 e. The van der Waals surface area contributed by atoms with Gasteiger partial charge >= 0.3 is 0 Å². The lowest BCUT2D eigenvalue weighted by molar-refractivity contribution is 0.479. The Morgan fingerprint density at radius 3 is 2.22 bits per heavy atom. The highest BCUT2D eigenvalue weighted by atomic mass is 32.2. The summed E-state index contributed by atoms with van der Waals surface area (Å²) in [6.45, 7) is 0.434. The first-order valence-electron chi connectivity index (χ1n) is 10.3. The van der Waals surface area contributed by atoms with Crippen molar-refractivity contribution in [2.75, 3.05) is 5.75 Å². The highest BCUT2D eigenvalue weighted by Crippen LogP contribution is 2.24. The van der Waals surface area contributed by atoms with E-state index in [9.17, 15) is 18.0 Å². The van der Waals surface area contributed by atoms with Crippen LogP contribution in [-0.4, -0.2) is 28.3 Å². The third-order valence-corrected chi connectivity index (χ3v) is 6.63. The number of aromatic nitrogens is 2. The lowest BCUT2D eigenvalue weighted by Gasteiger charge is -2.16. The topological polar surface area (TPSA) is 109 Å². The van der Waals surface area contributed by atoms with Crippen LogP contribution in [0.3, 0.4) is 0 Å². The average Bonchev–Trinajstić information content (AvgIpc) is 2.77. The quantitative estimate of drug-likeness (QED) is 0.241. The normalized spacial score (nSPS) is 12.3. The van der Waals surface area contributed by atoms with E-state index >= 15 is 0 Å². The molecule has 0 fully saturated rings. The standard InChI is InChI=1S/C24H20N2O5S/c27-23-15-7-1-3-9-19(15)25-20-13-18-22(14-17(20)23)26(11-5-6-12-32(29,30)31)21-10-4-2-8-16(21)24(18)28/h1-4,7-10,13-14H,5-6,11-12H2,(H,25,27)(H,29,30,31). The van der Waals surface area contributed by atoms with Crippen LogP contribution in [0.5, 0.6) is 0 Å². The minimum Gasteiger partial charge on any atom is -0.354 e. The van der Waals surface area contributed by atoms with Gasteiger partial charge in [0, 0.05) is 33.6 Å². The summed E-state index contributed by atoms with van der Waals surface area (Å²) < 4.78 is 33.1. The second-order valence-corrected chi connectivity index (χ2v) is 9.48. The van der Waals surface area contributed by atoms with Gasteiger partial charge in [-0.3, -0.25) is 14.1 Å². The van der Waals surface area contributed by atoms with Crippen molar-refractivity contribution in [1.82, 2.24) is 9.55 Å². The second kappa shape index (κ2) is 7.58. The highest BCUT2D eigenvalue weighted by Gasteiger charge is 2.14. The van der Waals surface area contributed by atoms with E-state index in [0.717, 1.165) is 0 Å². The molecule has 0 radical (unpaired) electrons. The maximum atomic E-state index is 13.3. The van der Waals surface area contributed by atoms with E-state index in [4.69, 9.17) is 4.55 Å². The van der Waals surface area contributed by atoms with Gasteiger partial charge < -0.3 is 9.55 Å². The Hall–Kier alpha value is -3.49. The van der Waals surface area contributed by atoms with Gasteiger partial charge in [-0.15, -0.1) is 0 Å². The number of rotatable bonds is 5. The fraction of sp³-hybridized carbons (Fsp3) is 0.167. The van der Waals surface area contributed by atoms with E-state index in [2.05, 4.69) is 4.98 Å². The molecule has 0 atom stereocenters. The molecule has 0 aliphatic carbocycles. The van der Waals surface area contributed by atoms with Gasteiger partial charge in [0.2, 0.25) is 0 Å². The van der Waals surface area contributed by atoms with Crippen LogP contribution in [0.1, 0.15) is 12.8 Å². The van der Waals surface area contributed by atoms with E-state index in [0.29, 0.717) is 56.6 Å². The van der Waals surface area contributed by atoms with Crippen LogP contribution in [0.2, 0.25) is 0 Å². The molecule has 32 heavy (non-hydrogen) atoms. The molecule has 0 saturated heterocycles. The van der Waals surface area contributed by atoms with Crippen molar-refractivity contribution in [3.8, 4) is 0 Å². The van der Waals surface area contributed by atoms with Crippen molar-refractivity contribution in [2.45, 2.75) is 19.4 Å². The smallest absolute Gasteiger partial charge is 0.264 e. The zero-order valence-electron chi connectivity index (χ0n) is 17.0. The number of benzene rings is 3. The van der Waals surface area contributed by atoms with E-state index in [1.807, 2.05) is 34.9 Å². The van der Waals surface area contributed by atoms with Crippen LogP contribution in [0.4, 0.5) is 0 Å². The van der Waals surface area contributed by atoms with E-state index in [1.165, 1.54) is 0 Å². The van der Waals surface area contributed by atoms with Gasteiger partial charge in [-0.25, -0.2) is 0 Å². The number of unbranched alkanes of at least 4 members (excludes halogenated alkanes) is 1. The average molecular weight is 449 g/mol. The van der Waals surface area contributed by atoms with Crippen molar-refractivity contribution in [3.63, 3.8) is 0 Å². The Bertz CT molecular complexity index is 1750. The zero-order chi connectivity index (χ0) is 22.5. The molecule has 0 bridgehead atoms. The molecule has 0 amide bonds. The Balaban J connectivity index is 1.79. The molecule has 2 heterocycles. The van der Waals surface area contributed by atoms with E-state index in [-0.39, 0.29) is 23.0 Å². The number of hydrogen-bond acceptors (Lipinski definition) is 4. The first kappa shape index (κ1) is 20.4. The van der Waals surface area contributed by atoms with Crippen LogP contribution in [0, 0.1) is 0 Å². The monoisotopic (exact) mass is 448 g/mol. The summed E-state index contributed by atoms with van der Waals surface area (Å²) in [7, 11) is -4.03. The van der Waals surface area contributed by atoms with E-state index < -0.39 is 10.1 Å². The molecule has 0 aliphatic heterocycles. The fourth-order valence-electron chi connectivity index (χ4n) is 4.34. The van der Waals surface area contributed by atoms with Gasteiger partial charge in [0.25, 0.3) is 10.1 Å². The van der Waals surface area contributed by atoms with Crippen molar-refractivity contribution in [3.05, 3.63) is 81.1 Å². The Labute approximate surface area is 182 Å². The van der Waals surface area contributed by atoms with Crippen molar-refractivity contribution < 1.29 is 13.0 Å². The summed E-state index contributed by atoms with van der Waals surface area (Å²) in [6, 6.07) is 18.0. The maximum absolute atomic E-state index is 13.3. The van der Waals surface area contributed by atoms with Gasteiger partial charge in [0.1, 0.15) is 0 Å². The number of hydrogen-bond donors (Lipinski definition) is 2. The summed E-state index contributed by atoms with van der Waals surface area (Å²) in [6.07, 6.45) is 0.757. The van der Waals surface area contributed by atoms with Crippen molar-refractivity contribution in [1.29, 1.82) is 0 Å². The summed E-state index contributed by atoms with van der Waals surface area (Å²) >= 11 is 0. The molecular formula is C24H20N2O5S. The van der Waals surface area contributed by atoms with Crippen molar-refractivity contribution in [2.24, 2.45) is 0 Å². The summed E-state index contributed by atoms with van der Waals surface area (Å²) in [4.78, 5) is 29.7. The van der Waals surface area contributed by atoms with Crippen LogP contribution in [0.25, 0.3) is 43.6 Å². The Morgan fingerprint density at radius 2 is 1.44 bits per heavy atom. The molecule has 162 valence electrons. The number of nitrogens with one attached hydrogen (secondary N) is 1. The van der Waals surface area contributed by atoms with E-state index in [1.54, 1.807) is 30.3 Å². The molecule has 2 aromatic heterocycles. The minimum absolute atomic E-state index is 0.116. The SMILES string of the molecule is O=c1c2ccccc2[nH]c2cc3c(=O)c4ccccc4n(CCCCS(=O)(=O)O)c3cc12. The number of aromatic amines is 1. The first-order valence-corrected chi connectivity index (χ1v) is 11.9. The minimum atomic E-state index is -4.03. The molecule has 5 rings (SSSR count). The summed E-state index contributed by atoms with van der Waals surface area (Å²) in [5, 5.41) is 2.09. The number of fused-ring (bicyclic) bond motifs is 4. The molecule has 3 aromatic carbocycles. The van der Waals surface area contributed by atoms with Crippen molar-refractivity contribution >= 4 is 53.7 Å². The van der Waals surface area contributed by atoms with Crippen LogP contribution < -0.4 is 10.9 Å². The molecule has 0 saturated carbocycles. The predicted octanol–water partition coefficient (Wildman–Crippen LogP) is 3.82. The second-order valence-electron chi connectivity index (χ2n) is 7.91. The number of H-pyrrole nitrogens is 1. The number of nitrogens with zero attached hydrogens (tertiary/aromatic N) is 1. The molecule has 7 nitrogen and oxygen atoms in total. The van der Waals surface area contributed by atoms with Gasteiger partial charge in [-0.2, -0.15) is 8.42 Å². The summed E-state index contributed by atoms with van der Waals surface area (Å²) in [5.74, 6) is -0.322. The van der Waals surface area contributed by atoms with Crippen LogP contribution in [-0.2, 0) is 16.7 Å². The van der Waals surface area contributed by atoms with Gasteiger partial charge in [-0.1, -0.05) is 24.3 Å². The molecule has 2 N–H and O–H groups in total. The predicted molar refractivity (Wildman–Crippen MR) is 127 cm³/mol. The third-order valence-electron chi connectivity index (χ3n) is 5.83. The molecule has 8 heteroatoms. The molecule has 0 unspecified atom stereocenters.